The normalized spacial score (nSPS) is 26.3. The van der Waals surface area contributed by atoms with E-state index in [2.05, 4.69) is 4.98 Å². The van der Waals surface area contributed by atoms with E-state index in [0.29, 0.717) is 28.9 Å². The quantitative estimate of drug-likeness (QED) is 0.276. The lowest BCUT2D eigenvalue weighted by atomic mass is 9.48. The van der Waals surface area contributed by atoms with Crippen molar-refractivity contribution >= 4 is 17.4 Å². The monoisotopic (exact) mass is 576 g/mol. The summed E-state index contributed by atoms with van der Waals surface area (Å²) in [4.78, 5) is 33.0. The van der Waals surface area contributed by atoms with Crippen molar-refractivity contribution in [1.29, 1.82) is 0 Å². The average molecular weight is 577 g/mol. The second kappa shape index (κ2) is 10.8. The fraction of sp³-hybridized carbons (Fsp3) is 0.306. The molecule has 3 N–H and O–H groups in total. The molecule has 6 rings (SSSR count). The Labute approximate surface area is 251 Å². The van der Waals surface area contributed by atoms with E-state index in [0.717, 1.165) is 11.1 Å². The van der Waals surface area contributed by atoms with Crippen LogP contribution in [0.15, 0.2) is 97.2 Å². The molecule has 1 amide bonds. The molecule has 0 unspecified atom stereocenters. The molecule has 4 aromatic rings. The number of rotatable bonds is 6. The summed E-state index contributed by atoms with van der Waals surface area (Å²) in [6, 6.07) is 27.8. The number of aromatic nitrogens is 1. The highest BCUT2D eigenvalue weighted by Crippen LogP contribution is 2.59. The Morgan fingerprint density at radius 1 is 0.977 bits per heavy atom. The van der Waals surface area contributed by atoms with Crippen molar-refractivity contribution in [2.75, 3.05) is 11.6 Å². The van der Waals surface area contributed by atoms with E-state index >= 15 is 0 Å². The first-order valence-electron chi connectivity index (χ1n) is 14.7. The van der Waals surface area contributed by atoms with Crippen molar-refractivity contribution in [2.24, 2.45) is 5.92 Å². The number of hydrogen-bond acceptors (Lipinski definition) is 6. The van der Waals surface area contributed by atoms with Crippen LogP contribution in [0.25, 0.3) is 0 Å². The molecule has 220 valence electrons. The van der Waals surface area contributed by atoms with Crippen LogP contribution >= 0.6 is 0 Å². The summed E-state index contributed by atoms with van der Waals surface area (Å²) >= 11 is 0. The Hall–Kier alpha value is -4.17. The van der Waals surface area contributed by atoms with Crippen LogP contribution in [-0.2, 0) is 17.4 Å². The van der Waals surface area contributed by atoms with Crippen molar-refractivity contribution in [1.82, 2.24) is 4.98 Å². The smallest absolute Gasteiger partial charge is 0.260 e. The highest BCUT2D eigenvalue weighted by Gasteiger charge is 2.62. The van der Waals surface area contributed by atoms with Crippen LogP contribution in [0.1, 0.15) is 69.3 Å². The van der Waals surface area contributed by atoms with Crippen LogP contribution in [0.4, 0.5) is 5.69 Å². The maximum Gasteiger partial charge on any atom is 0.260 e. The van der Waals surface area contributed by atoms with Gasteiger partial charge in [-0.2, -0.15) is 0 Å². The number of anilines is 1. The molecule has 0 bridgehead atoms. The highest BCUT2D eigenvalue weighted by molar-refractivity contribution is 6.08. The minimum atomic E-state index is -1.55. The molecular weight excluding hydrogens is 540 g/mol. The van der Waals surface area contributed by atoms with E-state index in [4.69, 9.17) is 0 Å². The van der Waals surface area contributed by atoms with Gasteiger partial charge < -0.3 is 15.3 Å². The van der Waals surface area contributed by atoms with Gasteiger partial charge in [-0.05, 0) is 80.0 Å². The molecule has 1 aromatic heterocycles. The molecule has 7 heteroatoms. The number of carbonyl (C=O) groups is 2. The van der Waals surface area contributed by atoms with Crippen molar-refractivity contribution in [3.63, 3.8) is 0 Å². The molecule has 0 saturated heterocycles. The SMILES string of the molecule is Cc1ncccc1N(CO)C(=O)c1ccc2c(c1)C(=O)C[C@@H]1C[C@@](O)(c3ccccc3)[C@](C)(O)C[C@@]21Cc1ccccc1. The first kappa shape index (κ1) is 28.9. The van der Waals surface area contributed by atoms with Crippen LogP contribution < -0.4 is 4.90 Å². The number of nitrogens with zero attached hydrogens (tertiary/aromatic N) is 2. The first-order chi connectivity index (χ1) is 20.6. The number of Topliss-reactive ketones (excluding diaryl/α,β-unsaturated/α-hetero) is 1. The van der Waals surface area contributed by atoms with Gasteiger partial charge in [0.05, 0.1) is 17.0 Å². The standard InChI is InChI=1S/C36H36N2O5/c1-24-31(14-9-17-37-24)38(23-39)33(41)26-15-16-30-29(18-26)32(40)19-28-21-36(43,27-12-7-4-8-13-27)34(2,42)22-35(28,30)20-25-10-5-3-6-11-25/h3-18,28,39,42-43H,19-23H2,1-2H3/t28-,34-,35-,36-/m1/s1. The first-order valence-corrected chi connectivity index (χ1v) is 14.7. The summed E-state index contributed by atoms with van der Waals surface area (Å²) in [7, 11) is 0. The Morgan fingerprint density at radius 3 is 2.35 bits per heavy atom. The average Bonchev–Trinajstić information content (AvgIpc) is 3.01. The third-order valence-corrected chi connectivity index (χ3v) is 9.68. The van der Waals surface area contributed by atoms with Gasteiger partial charge >= 0.3 is 0 Å². The zero-order chi connectivity index (χ0) is 30.4. The Morgan fingerprint density at radius 2 is 1.67 bits per heavy atom. The fourth-order valence-corrected chi connectivity index (χ4v) is 7.51. The number of pyridine rings is 1. The lowest BCUT2D eigenvalue weighted by molar-refractivity contribution is -0.203. The minimum Gasteiger partial charge on any atom is -0.387 e. The molecule has 1 heterocycles. The molecule has 2 aliphatic rings. The zero-order valence-corrected chi connectivity index (χ0v) is 24.4. The number of aliphatic hydroxyl groups excluding tert-OH is 1. The van der Waals surface area contributed by atoms with E-state index < -0.39 is 29.3 Å². The molecule has 0 spiro atoms. The van der Waals surface area contributed by atoms with Crippen LogP contribution in [0, 0.1) is 12.8 Å². The van der Waals surface area contributed by atoms with E-state index in [1.807, 2.05) is 66.7 Å². The van der Waals surface area contributed by atoms with Gasteiger partial charge in [-0.3, -0.25) is 19.5 Å². The predicted octanol–water partition coefficient (Wildman–Crippen LogP) is 5.10. The van der Waals surface area contributed by atoms with Crippen LogP contribution in [0.5, 0.6) is 0 Å². The number of benzene rings is 3. The van der Waals surface area contributed by atoms with Gasteiger partial charge in [0.25, 0.3) is 5.91 Å². The predicted molar refractivity (Wildman–Crippen MR) is 164 cm³/mol. The van der Waals surface area contributed by atoms with Gasteiger partial charge in [-0.15, -0.1) is 0 Å². The van der Waals surface area contributed by atoms with E-state index in [-0.39, 0.29) is 36.5 Å². The molecule has 0 aliphatic heterocycles. The topological polar surface area (TPSA) is 111 Å². The zero-order valence-electron chi connectivity index (χ0n) is 24.4. The molecule has 2 aliphatic carbocycles. The molecule has 0 radical (unpaired) electrons. The molecule has 1 saturated carbocycles. The molecule has 4 atom stereocenters. The second-order valence-corrected chi connectivity index (χ2v) is 12.3. The third kappa shape index (κ3) is 4.78. The van der Waals surface area contributed by atoms with Crippen LogP contribution in [0.3, 0.4) is 0 Å². The summed E-state index contributed by atoms with van der Waals surface area (Å²) in [6.07, 6.45) is 2.79. The van der Waals surface area contributed by atoms with Gasteiger partial charge in [0.15, 0.2) is 5.78 Å². The van der Waals surface area contributed by atoms with Crippen molar-refractivity contribution < 1.29 is 24.9 Å². The second-order valence-electron chi connectivity index (χ2n) is 12.3. The van der Waals surface area contributed by atoms with Gasteiger partial charge in [-0.25, -0.2) is 0 Å². The molecular formula is C36H36N2O5. The minimum absolute atomic E-state index is 0.108. The Bertz CT molecular complexity index is 1670. The molecule has 3 aromatic carbocycles. The van der Waals surface area contributed by atoms with Crippen LogP contribution in [0.2, 0.25) is 0 Å². The number of fused-ring (bicyclic) bond motifs is 3. The summed E-state index contributed by atoms with van der Waals surface area (Å²) < 4.78 is 0. The lowest BCUT2D eigenvalue weighted by Gasteiger charge is -2.59. The largest absolute Gasteiger partial charge is 0.387 e. The van der Waals surface area contributed by atoms with E-state index in [1.54, 1.807) is 44.3 Å². The lowest BCUT2D eigenvalue weighted by Crippen LogP contribution is -2.63. The molecule has 1 fully saturated rings. The van der Waals surface area contributed by atoms with Gasteiger partial charge in [0, 0.05) is 29.2 Å². The number of aliphatic hydroxyl groups is 3. The van der Waals surface area contributed by atoms with Gasteiger partial charge in [0.2, 0.25) is 0 Å². The van der Waals surface area contributed by atoms with Crippen molar-refractivity contribution in [2.45, 2.75) is 56.1 Å². The number of hydrogen-bond donors (Lipinski definition) is 3. The van der Waals surface area contributed by atoms with E-state index in [1.165, 1.54) is 4.90 Å². The number of ketones is 1. The van der Waals surface area contributed by atoms with E-state index in [9.17, 15) is 24.9 Å². The van der Waals surface area contributed by atoms with Crippen molar-refractivity contribution in [3.05, 3.63) is 131 Å². The summed E-state index contributed by atoms with van der Waals surface area (Å²) in [5, 5.41) is 34.4. The van der Waals surface area contributed by atoms with Crippen molar-refractivity contribution in [3.8, 4) is 0 Å². The summed E-state index contributed by atoms with van der Waals surface area (Å²) in [5.41, 5.74) is 0.538. The highest BCUT2D eigenvalue weighted by atomic mass is 16.4. The number of carbonyl (C=O) groups excluding carboxylic acids is 2. The number of aryl methyl sites for hydroxylation is 1. The molecule has 43 heavy (non-hydrogen) atoms. The Balaban J connectivity index is 1.47. The van der Waals surface area contributed by atoms with Gasteiger partial charge in [0.1, 0.15) is 12.3 Å². The number of amides is 1. The maximum absolute atomic E-state index is 13.9. The van der Waals surface area contributed by atoms with Gasteiger partial charge in [-0.1, -0.05) is 66.7 Å². The Kier molecular flexibility index (Phi) is 7.29. The fourth-order valence-electron chi connectivity index (χ4n) is 7.51. The summed E-state index contributed by atoms with van der Waals surface area (Å²) in [5.74, 6) is -0.808. The summed E-state index contributed by atoms with van der Waals surface area (Å²) in [6.45, 7) is 2.91. The van der Waals surface area contributed by atoms with Crippen LogP contribution in [-0.4, -0.2) is 44.3 Å². The molecule has 7 nitrogen and oxygen atoms in total. The maximum atomic E-state index is 13.9. The third-order valence-electron chi connectivity index (χ3n) is 9.68.